The summed E-state index contributed by atoms with van der Waals surface area (Å²) in [5, 5.41) is 3.66. The minimum atomic E-state index is -0.0618. The number of carbonyl (C=O) groups is 1. The highest BCUT2D eigenvalue weighted by Gasteiger charge is 2.30. The Kier molecular flexibility index (Phi) is 7.19. The van der Waals surface area contributed by atoms with Crippen molar-refractivity contribution in [3.05, 3.63) is 59.3 Å². The van der Waals surface area contributed by atoms with Crippen LogP contribution < -0.4 is 10.2 Å². The lowest BCUT2D eigenvalue weighted by Gasteiger charge is -2.37. The Labute approximate surface area is 169 Å². The van der Waals surface area contributed by atoms with Crippen LogP contribution >= 0.6 is 0 Å². The molecule has 1 atom stereocenters. The number of carbonyl (C=O) groups excluding carboxylic acids is 1. The molecule has 1 heterocycles. The quantitative estimate of drug-likeness (QED) is 0.806. The summed E-state index contributed by atoms with van der Waals surface area (Å²) in [7, 11) is 3.56. The van der Waals surface area contributed by atoms with Gasteiger partial charge in [0.2, 0.25) is 0 Å². The van der Waals surface area contributed by atoms with E-state index in [0.29, 0.717) is 12.4 Å². The number of pyridine rings is 1. The first-order valence-corrected chi connectivity index (χ1v) is 9.79. The molecule has 0 bridgehead atoms. The van der Waals surface area contributed by atoms with Crippen molar-refractivity contribution in [2.45, 2.75) is 47.2 Å². The van der Waals surface area contributed by atoms with Gasteiger partial charge in [0.1, 0.15) is 5.82 Å². The highest BCUT2D eigenvalue weighted by atomic mass is 16.2. The molecule has 0 saturated carbocycles. The van der Waals surface area contributed by atoms with Gasteiger partial charge < -0.3 is 10.2 Å². The van der Waals surface area contributed by atoms with E-state index < -0.39 is 0 Å². The van der Waals surface area contributed by atoms with Gasteiger partial charge in [0.05, 0.1) is 0 Å². The molecule has 5 nitrogen and oxygen atoms in total. The van der Waals surface area contributed by atoms with E-state index in [2.05, 4.69) is 43.2 Å². The Morgan fingerprint density at radius 2 is 1.75 bits per heavy atom. The van der Waals surface area contributed by atoms with E-state index in [0.717, 1.165) is 17.8 Å². The molecule has 0 aliphatic carbocycles. The molecule has 1 aromatic heterocycles. The lowest BCUT2D eigenvalue weighted by Crippen LogP contribution is -2.52. The zero-order valence-corrected chi connectivity index (χ0v) is 18.3. The smallest absolute Gasteiger partial charge is 0.325 e. The Morgan fingerprint density at radius 3 is 2.29 bits per heavy atom. The molecule has 0 aliphatic heterocycles. The number of hydrogen-bond acceptors (Lipinski definition) is 3. The molecule has 152 valence electrons. The van der Waals surface area contributed by atoms with Gasteiger partial charge in [-0.15, -0.1) is 0 Å². The molecule has 1 aromatic carbocycles. The van der Waals surface area contributed by atoms with Gasteiger partial charge in [0.15, 0.2) is 0 Å². The zero-order chi connectivity index (χ0) is 20.9. The summed E-state index contributed by atoms with van der Waals surface area (Å²) in [4.78, 5) is 21.0. The molecule has 2 aromatic rings. The molecule has 0 spiro atoms. The third-order valence-electron chi connectivity index (χ3n) is 4.78. The second kappa shape index (κ2) is 9.20. The summed E-state index contributed by atoms with van der Waals surface area (Å²) < 4.78 is 0. The second-order valence-corrected chi connectivity index (χ2v) is 8.72. The van der Waals surface area contributed by atoms with Crippen LogP contribution in [0.25, 0.3) is 0 Å². The van der Waals surface area contributed by atoms with Crippen LogP contribution in [-0.2, 0) is 6.54 Å². The third kappa shape index (κ3) is 6.06. The summed E-state index contributed by atoms with van der Waals surface area (Å²) in [5.41, 5.74) is 3.21. The number of anilines is 1. The number of aryl methyl sites for hydroxylation is 2. The molecular formula is C23H34N4O. The molecule has 1 unspecified atom stereocenters. The number of rotatable bonds is 6. The van der Waals surface area contributed by atoms with Crippen molar-refractivity contribution in [2.24, 2.45) is 5.41 Å². The van der Waals surface area contributed by atoms with Crippen LogP contribution in [-0.4, -0.2) is 42.6 Å². The topological polar surface area (TPSA) is 48.5 Å². The number of amides is 2. The lowest BCUT2D eigenvalue weighted by atomic mass is 9.86. The van der Waals surface area contributed by atoms with Crippen molar-refractivity contribution < 1.29 is 4.79 Å². The van der Waals surface area contributed by atoms with Gasteiger partial charge in [-0.25, -0.2) is 9.78 Å². The summed E-state index contributed by atoms with van der Waals surface area (Å²) in [6.07, 6.45) is 0. The van der Waals surface area contributed by atoms with Crippen molar-refractivity contribution in [1.82, 2.24) is 15.2 Å². The molecule has 1 N–H and O–H groups in total. The number of aromatic nitrogens is 1. The maximum absolute atomic E-state index is 13.0. The number of urea groups is 1. The first-order chi connectivity index (χ1) is 13.1. The monoisotopic (exact) mass is 382 g/mol. The Morgan fingerprint density at radius 1 is 1.11 bits per heavy atom. The molecule has 0 fully saturated rings. The van der Waals surface area contributed by atoms with Crippen LogP contribution in [0.4, 0.5) is 10.6 Å². The second-order valence-electron chi connectivity index (χ2n) is 8.72. The van der Waals surface area contributed by atoms with Crippen LogP contribution in [0, 0.1) is 19.3 Å². The van der Waals surface area contributed by atoms with Gasteiger partial charge in [-0.2, -0.15) is 0 Å². The van der Waals surface area contributed by atoms with Gasteiger partial charge in [-0.3, -0.25) is 4.90 Å². The largest absolute Gasteiger partial charge is 0.330 e. The van der Waals surface area contributed by atoms with Crippen molar-refractivity contribution in [3.8, 4) is 0 Å². The van der Waals surface area contributed by atoms with E-state index >= 15 is 0 Å². The first-order valence-electron chi connectivity index (χ1n) is 9.79. The Bertz CT molecular complexity index is 761. The molecule has 2 rings (SSSR count). The summed E-state index contributed by atoms with van der Waals surface area (Å²) >= 11 is 0. The lowest BCUT2D eigenvalue weighted by molar-refractivity contribution is 0.216. The van der Waals surface area contributed by atoms with Crippen LogP contribution in [0.5, 0.6) is 0 Å². The number of benzene rings is 1. The van der Waals surface area contributed by atoms with Gasteiger partial charge in [-0.1, -0.05) is 51.1 Å². The minimum absolute atomic E-state index is 0.0293. The molecule has 28 heavy (non-hydrogen) atoms. The van der Waals surface area contributed by atoms with E-state index in [-0.39, 0.29) is 17.5 Å². The summed E-state index contributed by atoms with van der Waals surface area (Å²) in [6, 6.07) is 14.4. The van der Waals surface area contributed by atoms with E-state index in [4.69, 9.17) is 0 Å². The zero-order valence-electron chi connectivity index (χ0n) is 18.3. The molecule has 5 heteroatoms. The van der Waals surface area contributed by atoms with E-state index in [1.165, 1.54) is 5.56 Å². The maximum atomic E-state index is 13.0. The van der Waals surface area contributed by atoms with Gasteiger partial charge in [-0.05, 0) is 42.5 Å². The van der Waals surface area contributed by atoms with Gasteiger partial charge in [0.25, 0.3) is 0 Å². The van der Waals surface area contributed by atoms with E-state index in [1.807, 2.05) is 44.2 Å². The number of hydrogen-bond donors (Lipinski definition) is 1. The average Bonchev–Trinajstić information content (AvgIpc) is 2.60. The van der Waals surface area contributed by atoms with E-state index in [9.17, 15) is 4.79 Å². The van der Waals surface area contributed by atoms with Gasteiger partial charge in [0, 0.05) is 38.9 Å². The first kappa shape index (κ1) is 21.9. The maximum Gasteiger partial charge on any atom is 0.325 e. The van der Waals surface area contributed by atoms with Crippen LogP contribution in [0.2, 0.25) is 0 Å². The summed E-state index contributed by atoms with van der Waals surface area (Å²) in [5.74, 6) is 0.701. The molecular weight excluding hydrogens is 348 g/mol. The number of nitrogens with one attached hydrogen (secondary N) is 1. The van der Waals surface area contributed by atoms with Crippen molar-refractivity contribution in [2.75, 3.05) is 25.5 Å². The van der Waals surface area contributed by atoms with Gasteiger partial charge >= 0.3 is 6.03 Å². The summed E-state index contributed by atoms with van der Waals surface area (Å²) in [6.45, 7) is 11.9. The fraction of sp³-hybridized carbons (Fsp3) is 0.478. The number of nitrogens with zero attached hydrogens (tertiary/aromatic N) is 3. The van der Waals surface area contributed by atoms with Crippen LogP contribution in [0.3, 0.4) is 0 Å². The normalized spacial score (nSPS) is 12.5. The molecule has 0 saturated heterocycles. The minimum Gasteiger partial charge on any atom is -0.330 e. The van der Waals surface area contributed by atoms with Crippen molar-refractivity contribution in [3.63, 3.8) is 0 Å². The fourth-order valence-corrected chi connectivity index (χ4v) is 3.13. The highest BCUT2D eigenvalue weighted by Crippen LogP contribution is 2.24. The Hall–Kier alpha value is -2.40. The van der Waals surface area contributed by atoms with Crippen LogP contribution in [0.15, 0.2) is 42.5 Å². The average molecular weight is 383 g/mol. The molecule has 2 amide bonds. The third-order valence-corrected chi connectivity index (χ3v) is 4.78. The SMILES string of the molecule is Cc1cc(C)nc(N(CC(NCc2ccccc2)C(C)(C)C)C(=O)N(C)C)c1. The van der Waals surface area contributed by atoms with Crippen molar-refractivity contribution in [1.29, 1.82) is 0 Å². The standard InChI is InChI=1S/C23H34N4O/c1-17-13-18(2)25-21(14-17)27(22(28)26(6)7)16-20(23(3,4)5)24-15-19-11-9-8-10-12-19/h8-14,20,24H,15-16H2,1-7H3. The van der Waals surface area contributed by atoms with E-state index in [1.54, 1.807) is 23.9 Å². The van der Waals surface area contributed by atoms with Crippen molar-refractivity contribution >= 4 is 11.8 Å². The molecule has 0 radical (unpaired) electrons. The fourth-order valence-electron chi connectivity index (χ4n) is 3.13. The van der Waals surface area contributed by atoms with Crippen LogP contribution in [0.1, 0.15) is 37.6 Å². The predicted molar refractivity (Wildman–Crippen MR) is 117 cm³/mol. The Balaban J connectivity index is 2.30. The predicted octanol–water partition coefficient (Wildman–Crippen LogP) is 4.39. The highest BCUT2D eigenvalue weighted by molar-refractivity contribution is 5.90. The molecule has 0 aliphatic rings.